The van der Waals surface area contributed by atoms with Crippen LogP contribution in [0.15, 0.2) is 0 Å². The highest BCUT2D eigenvalue weighted by Crippen LogP contribution is 2.60. The van der Waals surface area contributed by atoms with Crippen LogP contribution in [0.2, 0.25) is 0 Å². The van der Waals surface area contributed by atoms with Crippen LogP contribution in [-0.2, 0) is 9.59 Å². The molecule has 0 spiro atoms. The van der Waals surface area contributed by atoms with Gasteiger partial charge in [0, 0.05) is 19.1 Å². The van der Waals surface area contributed by atoms with Crippen molar-refractivity contribution in [2.75, 3.05) is 13.1 Å². The number of unbranched alkanes of at least 4 members (excludes halogenated alkanes) is 1. The molecule has 2 atom stereocenters. The van der Waals surface area contributed by atoms with Gasteiger partial charge in [0.2, 0.25) is 11.8 Å². The fraction of sp³-hybridized carbons (Fsp3) is 0.909. The van der Waals surface area contributed by atoms with Crippen molar-refractivity contribution < 1.29 is 9.59 Å². The molecule has 1 saturated heterocycles. The topological polar surface area (TPSA) is 75.4 Å². The standard InChI is InChI=1S/C22H37N3O2.ClH/c1-2-3-5-18(14-23)24-20(26)19-6-4-7-25(19)21(27)22-11-15-8-16(12-22)10-17(9-15)13-22;/h15-19H,2-14,23H2,1H3,(H,24,26);1H. The molecule has 28 heavy (non-hydrogen) atoms. The van der Waals surface area contributed by atoms with E-state index in [1.807, 2.05) is 4.90 Å². The molecule has 5 aliphatic rings. The lowest BCUT2D eigenvalue weighted by molar-refractivity contribution is -0.160. The first kappa shape index (κ1) is 21.9. The fourth-order valence-electron chi connectivity index (χ4n) is 6.96. The summed E-state index contributed by atoms with van der Waals surface area (Å²) in [5.41, 5.74) is 5.72. The van der Waals surface area contributed by atoms with Gasteiger partial charge in [-0.15, -0.1) is 12.4 Å². The summed E-state index contributed by atoms with van der Waals surface area (Å²) in [6.07, 6.45) is 12.1. The number of amides is 2. The third-order valence-electron chi connectivity index (χ3n) is 7.85. The van der Waals surface area contributed by atoms with E-state index in [0.29, 0.717) is 12.5 Å². The maximum Gasteiger partial charge on any atom is 0.243 e. The van der Waals surface area contributed by atoms with Gasteiger partial charge in [0.15, 0.2) is 0 Å². The number of nitrogens with zero attached hydrogens (tertiary/aromatic N) is 1. The van der Waals surface area contributed by atoms with Gasteiger partial charge in [-0.05, 0) is 75.5 Å². The molecule has 3 N–H and O–H groups in total. The van der Waals surface area contributed by atoms with Gasteiger partial charge in [-0.2, -0.15) is 0 Å². The van der Waals surface area contributed by atoms with Gasteiger partial charge in [0.1, 0.15) is 6.04 Å². The predicted octanol–water partition coefficient (Wildman–Crippen LogP) is 3.25. The molecule has 4 aliphatic carbocycles. The number of halogens is 1. The number of nitrogens with one attached hydrogen (secondary N) is 1. The summed E-state index contributed by atoms with van der Waals surface area (Å²) in [5.74, 6) is 2.59. The first-order chi connectivity index (χ1) is 13.0. The van der Waals surface area contributed by atoms with Crippen molar-refractivity contribution in [1.29, 1.82) is 0 Å². The highest BCUT2D eigenvalue weighted by molar-refractivity contribution is 5.91. The van der Waals surface area contributed by atoms with Crippen molar-refractivity contribution >= 4 is 24.2 Å². The number of hydrogen-bond acceptors (Lipinski definition) is 3. The molecule has 6 heteroatoms. The molecule has 5 fully saturated rings. The van der Waals surface area contributed by atoms with Crippen molar-refractivity contribution in [2.24, 2.45) is 28.9 Å². The van der Waals surface area contributed by atoms with Crippen LogP contribution in [0.3, 0.4) is 0 Å². The van der Waals surface area contributed by atoms with Crippen LogP contribution >= 0.6 is 12.4 Å². The molecule has 2 amide bonds. The van der Waals surface area contributed by atoms with Gasteiger partial charge in [-0.3, -0.25) is 9.59 Å². The third-order valence-corrected chi connectivity index (χ3v) is 7.85. The van der Waals surface area contributed by atoms with Crippen molar-refractivity contribution in [3.63, 3.8) is 0 Å². The number of carbonyl (C=O) groups is 2. The van der Waals surface area contributed by atoms with Crippen LogP contribution in [-0.4, -0.2) is 41.9 Å². The summed E-state index contributed by atoms with van der Waals surface area (Å²) in [6.45, 7) is 3.38. The fourth-order valence-corrected chi connectivity index (χ4v) is 6.96. The Kier molecular flexibility index (Phi) is 6.96. The largest absolute Gasteiger partial charge is 0.350 e. The molecule has 1 heterocycles. The molecule has 0 aromatic rings. The minimum absolute atomic E-state index is 0. The van der Waals surface area contributed by atoms with E-state index in [-0.39, 0.29) is 35.8 Å². The summed E-state index contributed by atoms with van der Waals surface area (Å²) in [7, 11) is 0. The minimum Gasteiger partial charge on any atom is -0.350 e. The van der Waals surface area contributed by atoms with Gasteiger partial charge in [-0.1, -0.05) is 19.8 Å². The quantitative estimate of drug-likeness (QED) is 0.675. The monoisotopic (exact) mass is 411 g/mol. The smallest absolute Gasteiger partial charge is 0.243 e. The summed E-state index contributed by atoms with van der Waals surface area (Å²) in [5, 5.41) is 3.14. The van der Waals surface area contributed by atoms with E-state index in [1.54, 1.807) is 0 Å². The van der Waals surface area contributed by atoms with Crippen molar-refractivity contribution in [3.8, 4) is 0 Å². The average Bonchev–Trinajstić information content (AvgIpc) is 3.13. The second-order valence-corrected chi connectivity index (χ2v) is 9.94. The molecule has 5 nitrogen and oxygen atoms in total. The minimum atomic E-state index is -0.277. The predicted molar refractivity (Wildman–Crippen MR) is 113 cm³/mol. The maximum atomic E-state index is 13.7. The van der Waals surface area contributed by atoms with Crippen LogP contribution in [0, 0.1) is 23.2 Å². The molecule has 1 aliphatic heterocycles. The second kappa shape index (κ2) is 8.91. The Bertz CT molecular complexity index is 547. The number of likely N-dealkylation sites (tertiary alicyclic amines) is 1. The highest BCUT2D eigenvalue weighted by atomic mass is 35.5. The van der Waals surface area contributed by atoms with E-state index in [2.05, 4.69) is 12.2 Å². The summed E-state index contributed by atoms with van der Waals surface area (Å²) >= 11 is 0. The number of nitrogens with two attached hydrogens (primary N) is 1. The molecule has 2 unspecified atom stereocenters. The molecule has 4 saturated carbocycles. The molecular weight excluding hydrogens is 374 g/mol. The van der Waals surface area contributed by atoms with Gasteiger partial charge in [0.25, 0.3) is 0 Å². The SMILES string of the molecule is CCCCC(CN)NC(=O)C1CCCN1C(=O)C12CC3CC(CC(C3)C1)C2.Cl. The molecule has 160 valence electrons. The first-order valence-electron chi connectivity index (χ1n) is 11.4. The van der Waals surface area contributed by atoms with Gasteiger partial charge >= 0.3 is 0 Å². The highest BCUT2D eigenvalue weighted by Gasteiger charge is 2.56. The Balaban J connectivity index is 0.00000225. The lowest BCUT2D eigenvalue weighted by atomic mass is 9.49. The van der Waals surface area contributed by atoms with Crippen molar-refractivity contribution in [1.82, 2.24) is 10.2 Å². The Morgan fingerprint density at radius 3 is 2.29 bits per heavy atom. The lowest BCUT2D eigenvalue weighted by Gasteiger charge is -2.56. The summed E-state index contributed by atoms with van der Waals surface area (Å²) in [4.78, 5) is 28.6. The first-order valence-corrected chi connectivity index (χ1v) is 11.4. The third kappa shape index (κ3) is 4.07. The van der Waals surface area contributed by atoms with Crippen LogP contribution in [0.25, 0.3) is 0 Å². The molecule has 0 aromatic carbocycles. The Labute approximate surface area is 176 Å². The molecule has 4 bridgehead atoms. The van der Waals surface area contributed by atoms with Crippen LogP contribution in [0.1, 0.15) is 77.6 Å². The second-order valence-electron chi connectivity index (χ2n) is 9.94. The van der Waals surface area contributed by atoms with Gasteiger partial charge in [0.05, 0.1) is 5.41 Å². The van der Waals surface area contributed by atoms with E-state index in [1.165, 1.54) is 19.3 Å². The zero-order valence-corrected chi connectivity index (χ0v) is 18.1. The number of rotatable bonds is 7. The number of hydrogen-bond donors (Lipinski definition) is 2. The average molecular weight is 412 g/mol. The molecular formula is C22H38ClN3O2. The Morgan fingerprint density at radius 1 is 1.14 bits per heavy atom. The Hall–Kier alpha value is -0.810. The normalized spacial score (nSPS) is 36.9. The summed E-state index contributed by atoms with van der Waals surface area (Å²) < 4.78 is 0. The zero-order chi connectivity index (χ0) is 19.0. The number of carbonyl (C=O) groups excluding carboxylic acids is 2. The van der Waals surface area contributed by atoms with Crippen molar-refractivity contribution in [3.05, 3.63) is 0 Å². The van der Waals surface area contributed by atoms with Crippen LogP contribution in [0.5, 0.6) is 0 Å². The zero-order valence-electron chi connectivity index (χ0n) is 17.3. The van der Waals surface area contributed by atoms with E-state index in [9.17, 15) is 9.59 Å². The van der Waals surface area contributed by atoms with Gasteiger partial charge in [-0.25, -0.2) is 0 Å². The molecule has 0 radical (unpaired) electrons. The van der Waals surface area contributed by atoms with E-state index in [0.717, 1.165) is 75.7 Å². The maximum absolute atomic E-state index is 13.7. The van der Waals surface area contributed by atoms with Crippen LogP contribution < -0.4 is 11.1 Å². The van der Waals surface area contributed by atoms with Crippen LogP contribution in [0.4, 0.5) is 0 Å². The van der Waals surface area contributed by atoms with E-state index >= 15 is 0 Å². The molecule has 0 aromatic heterocycles. The summed E-state index contributed by atoms with van der Waals surface area (Å²) in [6, 6.07) is -0.240. The van der Waals surface area contributed by atoms with Crippen molar-refractivity contribution in [2.45, 2.75) is 89.6 Å². The lowest BCUT2D eigenvalue weighted by Crippen LogP contribution is -2.58. The van der Waals surface area contributed by atoms with E-state index < -0.39 is 0 Å². The molecule has 5 rings (SSSR count). The van der Waals surface area contributed by atoms with E-state index in [4.69, 9.17) is 5.73 Å². The Morgan fingerprint density at radius 2 is 1.75 bits per heavy atom. The van der Waals surface area contributed by atoms with Gasteiger partial charge < -0.3 is 16.0 Å².